The number of Topliss-reactive ketones (excluding diaryl/α,β-unsaturated/α-hetero) is 1. The van der Waals surface area contributed by atoms with E-state index in [0.29, 0.717) is 5.57 Å². The molecule has 4 heteroatoms. The first kappa shape index (κ1) is 15.1. The number of aliphatic carboxylic acids is 1. The summed E-state index contributed by atoms with van der Waals surface area (Å²) in [5, 5.41) is 8.62. The molecule has 0 aromatic heterocycles. The van der Waals surface area contributed by atoms with Gasteiger partial charge in [-0.05, 0) is 39.3 Å². The number of carbonyl (C=O) groups excluding carboxylic acids is 2. The second kappa shape index (κ2) is 4.96. The average molecular weight is 262 g/mol. The average Bonchev–Trinajstić information content (AvgIpc) is 2.30. The van der Waals surface area contributed by atoms with Crippen LogP contribution in [0.2, 0.25) is 0 Å². The monoisotopic (exact) mass is 262 g/mol. The van der Waals surface area contributed by atoms with Crippen LogP contribution in [0.25, 0.3) is 0 Å². The van der Waals surface area contributed by atoms with E-state index in [4.69, 9.17) is 5.11 Å². The van der Waals surface area contributed by atoms with Gasteiger partial charge in [0.1, 0.15) is 0 Å². The minimum atomic E-state index is -1.04. The first-order valence-electron chi connectivity index (χ1n) is 5.98. The van der Waals surface area contributed by atoms with E-state index in [9.17, 15) is 14.4 Å². The Bertz CT molecular complexity index is 520. The first-order valence-corrected chi connectivity index (χ1v) is 5.98. The van der Waals surface area contributed by atoms with Gasteiger partial charge in [-0.3, -0.25) is 9.59 Å². The normalized spacial score (nSPS) is 27.1. The van der Waals surface area contributed by atoms with Crippen LogP contribution in [0.5, 0.6) is 0 Å². The highest BCUT2D eigenvalue weighted by atomic mass is 16.4. The van der Waals surface area contributed by atoms with E-state index in [0.717, 1.165) is 6.08 Å². The molecule has 0 aromatic rings. The predicted octanol–water partition coefficient (Wildman–Crippen LogP) is 2.31. The summed E-state index contributed by atoms with van der Waals surface area (Å²) in [7, 11) is 0. The SMILES string of the molecule is CC(=C/C(=O)O)/C=C/[C@@]1(C)C=CC(=O)C(C)(C)C1=O. The van der Waals surface area contributed by atoms with Crippen LogP contribution in [0.4, 0.5) is 0 Å². The molecule has 0 aromatic carbocycles. The van der Waals surface area contributed by atoms with Crippen LogP contribution >= 0.6 is 0 Å². The van der Waals surface area contributed by atoms with E-state index >= 15 is 0 Å². The van der Waals surface area contributed by atoms with Gasteiger partial charge in [0.05, 0.1) is 10.8 Å². The molecule has 0 fully saturated rings. The van der Waals surface area contributed by atoms with Gasteiger partial charge >= 0.3 is 5.97 Å². The molecule has 1 aliphatic rings. The summed E-state index contributed by atoms with van der Waals surface area (Å²) in [6.45, 7) is 6.56. The summed E-state index contributed by atoms with van der Waals surface area (Å²) >= 11 is 0. The molecule has 0 saturated heterocycles. The third-order valence-corrected chi connectivity index (χ3v) is 3.30. The lowest BCUT2D eigenvalue weighted by atomic mass is 9.66. The number of allylic oxidation sites excluding steroid dienone is 5. The molecule has 0 radical (unpaired) electrons. The number of hydrogen-bond donors (Lipinski definition) is 1. The smallest absolute Gasteiger partial charge is 0.328 e. The van der Waals surface area contributed by atoms with Gasteiger partial charge in [0.25, 0.3) is 0 Å². The fourth-order valence-corrected chi connectivity index (χ4v) is 2.00. The van der Waals surface area contributed by atoms with Gasteiger partial charge in [-0.1, -0.05) is 18.2 Å². The zero-order valence-electron chi connectivity index (χ0n) is 11.6. The Hall–Kier alpha value is -1.97. The molecule has 1 atom stereocenters. The fourth-order valence-electron chi connectivity index (χ4n) is 2.00. The van der Waals surface area contributed by atoms with Crippen molar-refractivity contribution in [2.24, 2.45) is 10.8 Å². The molecule has 0 spiro atoms. The van der Waals surface area contributed by atoms with Crippen LogP contribution in [0.1, 0.15) is 27.7 Å². The largest absolute Gasteiger partial charge is 0.478 e. The van der Waals surface area contributed by atoms with E-state index in [2.05, 4.69) is 0 Å². The minimum absolute atomic E-state index is 0.188. The molecule has 102 valence electrons. The number of ketones is 2. The Balaban J connectivity index is 3.10. The number of hydrogen-bond acceptors (Lipinski definition) is 3. The summed E-state index contributed by atoms with van der Waals surface area (Å²) in [5.41, 5.74) is -1.40. The van der Waals surface area contributed by atoms with Gasteiger partial charge in [0, 0.05) is 6.08 Å². The molecule has 19 heavy (non-hydrogen) atoms. The van der Waals surface area contributed by atoms with Gasteiger partial charge in [0.2, 0.25) is 0 Å². The van der Waals surface area contributed by atoms with Gasteiger partial charge in [-0.2, -0.15) is 0 Å². The van der Waals surface area contributed by atoms with Crippen molar-refractivity contribution in [3.63, 3.8) is 0 Å². The first-order chi connectivity index (χ1) is 8.59. The third kappa shape index (κ3) is 3.08. The molecule has 1 N–H and O–H groups in total. The molecule has 0 amide bonds. The van der Waals surface area contributed by atoms with Crippen LogP contribution in [-0.4, -0.2) is 22.6 Å². The van der Waals surface area contributed by atoms with E-state index in [-0.39, 0.29) is 11.6 Å². The Labute approximate surface area is 112 Å². The summed E-state index contributed by atoms with van der Waals surface area (Å²) in [5.74, 6) is -1.43. The van der Waals surface area contributed by atoms with E-state index < -0.39 is 16.8 Å². The summed E-state index contributed by atoms with van der Waals surface area (Å²) in [6, 6.07) is 0. The summed E-state index contributed by atoms with van der Waals surface area (Å²) in [4.78, 5) is 34.5. The topological polar surface area (TPSA) is 71.4 Å². The van der Waals surface area contributed by atoms with Crippen LogP contribution in [-0.2, 0) is 14.4 Å². The Morgan fingerprint density at radius 2 is 1.84 bits per heavy atom. The van der Waals surface area contributed by atoms with Crippen molar-refractivity contribution < 1.29 is 19.5 Å². The van der Waals surface area contributed by atoms with Crippen molar-refractivity contribution in [1.29, 1.82) is 0 Å². The van der Waals surface area contributed by atoms with Crippen LogP contribution in [0, 0.1) is 10.8 Å². The van der Waals surface area contributed by atoms with Crippen LogP contribution < -0.4 is 0 Å². The van der Waals surface area contributed by atoms with Crippen LogP contribution in [0.3, 0.4) is 0 Å². The number of rotatable bonds is 3. The van der Waals surface area contributed by atoms with Crippen molar-refractivity contribution in [2.75, 3.05) is 0 Å². The zero-order valence-corrected chi connectivity index (χ0v) is 11.6. The van der Waals surface area contributed by atoms with Gasteiger partial charge < -0.3 is 5.11 Å². The molecule has 4 nitrogen and oxygen atoms in total. The second-order valence-corrected chi connectivity index (χ2v) is 5.49. The minimum Gasteiger partial charge on any atom is -0.478 e. The van der Waals surface area contributed by atoms with Crippen molar-refractivity contribution in [2.45, 2.75) is 27.7 Å². The van der Waals surface area contributed by atoms with Crippen molar-refractivity contribution in [1.82, 2.24) is 0 Å². The third-order valence-electron chi connectivity index (χ3n) is 3.30. The molecule has 1 rings (SSSR count). The molecule has 0 aliphatic heterocycles. The Kier molecular flexibility index (Phi) is 3.94. The molecule has 1 aliphatic carbocycles. The zero-order chi connectivity index (χ0) is 14.8. The lowest BCUT2D eigenvalue weighted by Gasteiger charge is -2.33. The maximum Gasteiger partial charge on any atom is 0.328 e. The second-order valence-electron chi connectivity index (χ2n) is 5.49. The highest BCUT2D eigenvalue weighted by molar-refractivity contribution is 6.16. The van der Waals surface area contributed by atoms with Gasteiger partial charge in [-0.15, -0.1) is 0 Å². The van der Waals surface area contributed by atoms with Gasteiger partial charge in [0.15, 0.2) is 11.6 Å². The van der Waals surface area contributed by atoms with Gasteiger partial charge in [-0.25, -0.2) is 4.79 Å². The highest BCUT2D eigenvalue weighted by Crippen LogP contribution is 2.37. The van der Waals surface area contributed by atoms with E-state index in [1.54, 1.807) is 45.9 Å². The Morgan fingerprint density at radius 1 is 1.26 bits per heavy atom. The van der Waals surface area contributed by atoms with Crippen molar-refractivity contribution >= 4 is 17.5 Å². The number of carboxylic acids is 1. The maximum absolute atomic E-state index is 12.4. The lowest BCUT2D eigenvalue weighted by molar-refractivity contribution is -0.140. The van der Waals surface area contributed by atoms with E-state index in [1.807, 2.05) is 0 Å². The summed E-state index contributed by atoms with van der Waals surface area (Å²) in [6.07, 6.45) is 7.26. The lowest BCUT2D eigenvalue weighted by Crippen LogP contribution is -2.44. The molecule has 0 saturated carbocycles. The summed E-state index contributed by atoms with van der Waals surface area (Å²) < 4.78 is 0. The highest BCUT2D eigenvalue weighted by Gasteiger charge is 2.46. The molecule has 0 unspecified atom stereocenters. The fraction of sp³-hybridized carbons (Fsp3) is 0.400. The quantitative estimate of drug-likeness (QED) is 0.481. The number of carbonyl (C=O) groups is 3. The van der Waals surface area contributed by atoms with Crippen molar-refractivity contribution in [3.05, 3.63) is 36.0 Å². The van der Waals surface area contributed by atoms with Crippen LogP contribution in [0.15, 0.2) is 36.0 Å². The maximum atomic E-state index is 12.4. The van der Waals surface area contributed by atoms with Crippen molar-refractivity contribution in [3.8, 4) is 0 Å². The standard InChI is InChI=1S/C15H18O4/c1-10(9-12(17)18)5-7-15(4)8-6-11(16)14(2,3)13(15)19/h5-9H,1-4H3,(H,17,18)/b7-5+,10-9-/t15-/m0/s1. The molecule has 0 bridgehead atoms. The molecular formula is C15H18O4. The predicted molar refractivity (Wildman–Crippen MR) is 71.6 cm³/mol. The molecule has 0 heterocycles. The number of carboxylic acid groups (broad SMARTS) is 1. The van der Waals surface area contributed by atoms with E-state index in [1.165, 1.54) is 6.08 Å². The Morgan fingerprint density at radius 3 is 2.37 bits per heavy atom. The molecular weight excluding hydrogens is 244 g/mol.